The van der Waals surface area contributed by atoms with Crippen LogP contribution in [-0.2, 0) is 12.8 Å². The van der Waals surface area contributed by atoms with Gasteiger partial charge >= 0.3 is 0 Å². The number of hydrogen-bond donors (Lipinski definition) is 4. The van der Waals surface area contributed by atoms with E-state index in [-0.39, 0.29) is 6.04 Å². The maximum absolute atomic E-state index is 11.4. The summed E-state index contributed by atoms with van der Waals surface area (Å²) in [6.07, 6.45) is 5.19. The Bertz CT molecular complexity index is 1170. The first-order valence-corrected chi connectivity index (χ1v) is 9.72. The van der Waals surface area contributed by atoms with E-state index < -0.39 is 5.23 Å². The van der Waals surface area contributed by atoms with Gasteiger partial charge in [-0.1, -0.05) is 0 Å². The molecule has 1 aliphatic carbocycles. The van der Waals surface area contributed by atoms with E-state index in [1.807, 2.05) is 12.1 Å². The average Bonchev–Trinajstić information content (AvgIpc) is 3.30. The molecule has 3 heterocycles. The molecule has 0 spiro atoms. The van der Waals surface area contributed by atoms with E-state index in [1.54, 1.807) is 24.6 Å². The van der Waals surface area contributed by atoms with Crippen LogP contribution in [0.3, 0.4) is 0 Å². The molecule has 5 rings (SSSR count). The number of aromatic amines is 1. The Labute approximate surface area is 163 Å². The molecule has 4 N–H and O–H groups in total. The lowest BCUT2D eigenvalue weighted by Crippen LogP contribution is -3.09. The Balaban J connectivity index is 1.59. The summed E-state index contributed by atoms with van der Waals surface area (Å²) in [5.41, 5.74) is 2.84. The fourth-order valence-electron chi connectivity index (χ4n) is 3.78. The van der Waals surface area contributed by atoms with Crippen molar-refractivity contribution in [2.24, 2.45) is 0 Å². The summed E-state index contributed by atoms with van der Waals surface area (Å²) in [7, 11) is 1.62. The van der Waals surface area contributed by atoms with Crippen LogP contribution in [-0.4, -0.2) is 38.5 Å². The highest BCUT2D eigenvalue weighted by Crippen LogP contribution is 2.40. The number of anilines is 2. The molecule has 0 aliphatic heterocycles. The minimum Gasteiger partial charge on any atom is -0.600 e. The number of nitrogens with zero attached hydrogens (tertiary/aromatic N) is 3. The van der Waals surface area contributed by atoms with Gasteiger partial charge in [-0.15, -0.1) is 11.3 Å². The second-order valence-electron chi connectivity index (χ2n) is 6.82. The monoisotopic (exact) mass is 398 g/mol. The number of thiophene rings is 1. The summed E-state index contributed by atoms with van der Waals surface area (Å²) in [4.78, 5) is 10.8. The zero-order chi connectivity index (χ0) is 19.3. The SMILES string of the molecule is COc1cc2[nH]ncc2cc1Nc1ncnc2sc3c(c12)CCC([NH+]([O-])O)C3. The maximum atomic E-state index is 11.4. The van der Waals surface area contributed by atoms with Crippen LogP contribution in [0.2, 0.25) is 0 Å². The topological polar surface area (TPSA) is 123 Å². The highest BCUT2D eigenvalue weighted by atomic mass is 32.1. The van der Waals surface area contributed by atoms with Gasteiger partial charge in [0, 0.05) is 29.2 Å². The lowest BCUT2D eigenvalue weighted by molar-refractivity contribution is -1.07. The van der Waals surface area contributed by atoms with Gasteiger partial charge in [0.05, 0.1) is 29.9 Å². The number of ether oxygens (including phenoxy) is 1. The van der Waals surface area contributed by atoms with E-state index in [1.165, 1.54) is 6.33 Å². The van der Waals surface area contributed by atoms with Crippen LogP contribution in [0.1, 0.15) is 16.9 Å². The van der Waals surface area contributed by atoms with Crippen LogP contribution in [0.4, 0.5) is 11.5 Å². The van der Waals surface area contributed by atoms with E-state index in [0.717, 1.165) is 37.2 Å². The van der Waals surface area contributed by atoms with Gasteiger partial charge in [0.25, 0.3) is 0 Å². The summed E-state index contributed by atoms with van der Waals surface area (Å²) < 4.78 is 5.53. The van der Waals surface area contributed by atoms with Crippen molar-refractivity contribution in [2.75, 3.05) is 12.4 Å². The second kappa shape index (κ2) is 6.67. The zero-order valence-corrected chi connectivity index (χ0v) is 15.8. The van der Waals surface area contributed by atoms with Crippen molar-refractivity contribution >= 4 is 44.0 Å². The van der Waals surface area contributed by atoms with Crippen molar-refractivity contribution in [3.8, 4) is 5.75 Å². The fourth-order valence-corrected chi connectivity index (χ4v) is 5.05. The predicted octanol–water partition coefficient (Wildman–Crippen LogP) is 1.95. The molecule has 0 amide bonds. The Hall–Kier alpha value is -2.79. The number of nitrogens with one attached hydrogen (secondary N) is 3. The van der Waals surface area contributed by atoms with Crippen molar-refractivity contribution in [3.05, 3.63) is 40.3 Å². The number of hydroxylamine groups is 2. The van der Waals surface area contributed by atoms with E-state index in [2.05, 4.69) is 25.5 Å². The number of rotatable bonds is 4. The maximum Gasteiger partial charge on any atom is 0.144 e. The Morgan fingerprint density at radius 1 is 1.39 bits per heavy atom. The summed E-state index contributed by atoms with van der Waals surface area (Å²) in [5, 5.41) is 32.3. The van der Waals surface area contributed by atoms with Crippen LogP contribution >= 0.6 is 11.3 Å². The number of H-pyrrole nitrogens is 1. The molecule has 1 aromatic carbocycles. The number of benzene rings is 1. The Morgan fingerprint density at radius 3 is 3.11 bits per heavy atom. The highest BCUT2D eigenvalue weighted by molar-refractivity contribution is 7.19. The van der Waals surface area contributed by atoms with Crippen LogP contribution in [0.15, 0.2) is 24.7 Å². The molecule has 0 saturated carbocycles. The third-order valence-corrected chi connectivity index (χ3v) is 6.37. The molecule has 9 nitrogen and oxygen atoms in total. The van der Waals surface area contributed by atoms with Crippen molar-refractivity contribution in [3.63, 3.8) is 0 Å². The number of fused-ring (bicyclic) bond motifs is 4. The lowest BCUT2D eigenvalue weighted by Gasteiger charge is -2.27. The predicted molar refractivity (Wildman–Crippen MR) is 105 cm³/mol. The number of quaternary nitrogens is 1. The van der Waals surface area contributed by atoms with E-state index in [4.69, 9.17) is 4.74 Å². The third kappa shape index (κ3) is 2.78. The smallest absolute Gasteiger partial charge is 0.144 e. The number of aromatic nitrogens is 4. The van der Waals surface area contributed by atoms with Crippen LogP contribution < -0.4 is 15.3 Å². The number of methoxy groups -OCH3 is 1. The van der Waals surface area contributed by atoms with Crippen molar-refractivity contribution in [1.29, 1.82) is 0 Å². The van der Waals surface area contributed by atoms with Gasteiger partial charge in [-0.25, -0.2) is 20.4 Å². The molecule has 0 saturated heterocycles. The van der Waals surface area contributed by atoms with Crippen LogP contribution in [0.5, 0.6) is 5.75 Å². The van der Waals surface area contributed by atoms with E-state index in [0.29, 0.717) is 30.8 Å². The summed E-state index contributed by atoms with van der Waals surface area (Å²) >= 11 is 1.56. The van der Waals surface area contributed by atoms with Crippen LogP contribution in [0.25, 0.3) is 21.1 Å². The first-order valence-electron chi connectivity index (χ1n) is 8.90. The van der Waals surface area contributed by atoms with Gasteiger partial charge in [-0.3, -0.25) is 5.10 Å². The molecule has 0 bridgehead atoms. The Kier molecular flexibility index (Phi) is 4.13. The van der Waals surface area contributed by atoms with Crippen LogP contribution in [0, 0.1) is 5.21 Å². The molecule has 0 fully saturated rings. The summed E-state index contributed by atoms with van der Waals surface area (Å²) in [5.74, 6) is 1.39. The zero-order valence-electron chi connectivity index (χ0n) is 15.0. The quantitative estimate of drug-likeness (QED) is 0.387. The molecule has 3 aromatic heterocycles. The van der Waals surface area contributed by atoms with Gasteiger partial charge in [-0.05, 0) is 18.1 Å². The fraction of sp³-hybridized carbons (Fsp3) is 0.278. The molecule has 4 aromatic rings. The van der Waals surface area contributed by atoms with Gasteiger partial charge in [0.2, 0.25) is 0 Å². The van der Waals surface area contributed by atoms with Gasteiger partial charge < -0.3 is 15.3 Å². The minimum atomic E-state index is -0.731. The third-order valence-electron chi connectivity index (χ3n) is 5.21. The number of hydrogen-bond acceptors (Lipinski definition) is 8. The molecule has 0 radical (unpaired) electrons. The first-order chi connectivity index (χ1) is 13.6. The molecule has 144 valence electrons. The molecule has 10 heteroatoms. The lowest BCUT2D eigenvalue weighted by atomic mass is 9.93. The van der Waals surface area contributed by atoms with E-state index >= 15 is 0 Å². The molecule has 2 unspecified atom stereocenters. The summed E-state index contributed by atoms with van der Waals surface area (Å²) in [6.45, 7) is 0. The van der Waals surface area contributed by atoms with Crippen molar-refractivity contribution in [1.82, 2.24) is 20.2 Å². The molecular formula is C18H18N6O3S. The molecule has 1 aliphatic rings. The minimum absolute atomic E-state index is 0.325. The number of aryl methyl sites for hydroxylation is 1. The second-order valence-corrected chi connectivity index (χ2v) is 7.90. The molecule has 2 atom stereocenters. The van der Waals surface area contributed by atoms with E-state index in [9.17, 15) is 10.4 Å². The normalized spacial score (nSPS) is 17.6. The van der Waals surface area contributed by atoms with Crippen molar-refractivity contribution in [2.45, 2.75) is 25.3 Å². The summed E-state index contributed by atoms with van der Waals surface area (Å²) in [6, 6.07) is 3.53. The first kappa shape index (κ1) is 17.3. The van der Waals surface area contributed by atoms with Gasteiger partial charge in [0.1, 0.15) is 28.8 Å². The standard InChI is InChI=1S/C18H18N6O3S/c1-27-14-6-12-9(7-21-23-12)4-13(14)22-17-16-11-3-2-10(24(25)26)5-15(11)28-18(16)20-8-19-17/h4,6-8,10,24-25H,2-3,5H2,1H3,(H,21,23)(H,19,20,22). The van der Waals surface area contributed by atoms with Crippen molar-refractivity contribution < 1.29 is 15.2 Å². The average molecular weight is 398 g/mol. The van der Waals surface area contributed by atoms with Gasteiger partial charge in [0.15, 0.2) is 0 Å². The highest BCUT2D eigenvalue weighted by Gasteiger charge is 2.28. The Morgan fingerprint density at radius 2 is 2.29 bits per heavy atom. The largest absolute Gasteiger partial charge is 0.600 e. The van der Waals surface area contributed by atoms with Gasteiger partial charge in [-0.2, -0.15) is 5.10 Å². The molecular weight excluding hydrogens is 380 g/mol. The molecule has 28 heavy (non-hydrogen) atoms.